The van der Waals surface area contributed by atoms with Crippen molar-refractivity contribution in [1.29, 1.82) is 0 Å². The lowest BCUT2D eigenvalue weighted by molar-refractivity contribution is -0.156. The molecule has 10 N–H and O–H groups in total. The van der Waals surface area contributed by atoms with Gasteiger partial charge in [0.25, 0.3) is 5.91 Å². The topological polar surface area (TPSA) is 308 Å². The van der Waals surface area contributed by atoms with Crippen LogP contribution in [0.15, 0.2) is 72.0 Å². The molecule has 1 saturated heterocycles. The number of carbonyl (C=O) groups is 9. The summed E-state index contributed by atoms with van der Waals surface area (Å²) in [6, 6.07) is 2.37. The predicted octanol–water partition coefficient (Wildman–Crippen LogP) is 0.264. The summed E-state index contributed by atoms with van der Waals surface area (Å²) < 4.78 is 5.74. The molecule has 3 rings (SSSR count). The molecule has 20 nitrogen and oxygen atoms in total. The Bertz CT molecular complexity index is 2120. The van der Waals surface area contributed by atoms with E-state index in [0.717, 1.165) is 0 Å². The van der Waals surface area contributed by atoms with Crippen molar-refractivity contribution in [1.82, 2.24) is 37.2 Å². The van der Waals surface area contributed by atoms with Gasteiger partial charge in [-0.1, -0.05) is 50.3 Å². The van der Waals surface area contributed by atoms with E-state index >= 15 is 0 Å². The number of carbonyl (C=O) groups excluding carboxylic acids is 8. The van der Waals surface area contributed by atoms with E-state index < -0.39 is 114 Å². The molecule has 2 aromatic carbocycles. The molecule has 0 aliphatic carbocycles. The zero-order valence-corrected chi connectivity index (χ0v) is 36.6. The molecule has 346 valence electrons. The van der Waals surface area contributed by atoms with Gasteiger partial charge in [-0.15, -0.1) is 0 Å². The van der Waals surface area contributed by atoms with Gasteiger partial charge < -0.3 is 57.3 Å². The van der Waals surface area contributed by atoms with Gasteiger partial charge in [-0.2, -0.15) is 0 Å². The minimum absolute atomic E-state index is 0.0786. The summed E-state index contributed by atoms with van der Waals surface area (Å²) in [5.74, 6) is -9.31. The van der Waals surface area contributed by atoms with E-state index in [1.165, 1.54) is 75.4 Å². The van der Waals surface area contributed by atoms with Crippen molar-refractivity contribution >= 4 is 53.3 Å². The summed E-state index contributed by atoms with van der Waals surface area (Å²) in [5, 5.41) is 46.6. The Kier molecular flexibility index (Phi) is 19.0. The van der Waals surface area contributed by atoms with Crippen molar-refractivity contribution in [2.24, 2.45) is 5.92 Å². The Labute approximate surface area is 370 Å². The molecule has 1 fully saturated rings. The smallest absolute Gasteiger partial charge is 0.329 e. The number of benzene rings is 2. The molecule has 64 heavy (non-hydrogen) atoms. The normalized spacial score (nSPS) is 21.9. The van der Waals surface area contributed by atoms with Crippen LogP contribution in [0.4, 0.5) is 0 Å². The minimum atomic E-state index is -1.80. The molecular formula is C44H57N7O13. The fourth-order valence-electron chi connectivity index (χ4n) is 6.22. The number of ether oxygens (including phenoxy) is 1. The maximum Gasteiger partial charge on any atom is 0.329 e. The number of aliphatic carboxylic acids is 1. The Morgan fingerprint density at radius 2 is 1.38 bits per heavy atom. The van der Waals surface area contributed by atoms with Crippen LogP contribution in [0.1, 0.15) is 72.4 Å². The van der Waals surface area contributed by atoms with Crippen molar-refractivity contribution in [3.8, 4) is 11.5 Å². The quantitative estimate of drug-likeness (QED) is 0.0901. The van der Waals surface area contributed by atoms with Crippen LogP contribution in [-0.2, 0) is 60.7 Å². The number of carboxylic acids is 1. The van der Waals surface area contributed by atoms with Gasteiger partial charge in [0.2, 0.25) is 35.4 Å². The number of aromatic hydroxyl groups is 2. The van der Waals surface area contributed by atoms with Crippen LogP contribution in [0, 0.1) is 5.92 Å². The number of amides is 7. The third kappa shape index (κ3) is 15.3. The van der Waals surface area contributed by atoms with Gasteiger partial charge in [-0.05, 0) is 82.3 Å². The third-order valence-corrected chi connectivity index (χ3v) is 10.2. The number of carboxylic acid groups (broad SMARTS) is 1. The predicted molar refractivity (Wildman–Crippen MR) is 229 cm³/mol. The molecule has 0 unspecified atom stereocenters. The highest BCUT2D eigenvalue weighted by atomic mass is 16.5. The van der Waals surface area contributed by atoms with Crippen molar-refractivity contribution < 1.29 is 63.2 Å². The SMILES string of the molecule is C/C=C1\NC(=O)[C@H](C)NC(=O)[C@@H](NC(=O)[C@@H](Cc2ccc(O)cc2)NC(=O)[C@@H](NC(=O)/C(C)=C/C)C(C)C)[C@@H](C)OC(=O)[C@H](Cc2ccc(O)cc2)NC(=O)[C@@H](CCC(=O)O)NC1=O. The second-order valence-corrected chi connectivity index (χ2v) is 15.5. The van der Waals surface area contributed by atoms with E-state index in [2.05, 4.69) is 37.2 Å². The zero-order valence-electron chi connectivity index (χ0n) is 36.6. The van der Waals surface area contributed by atoms with Crippen LogP contribution < -0.4 is 37.2 Å². The van der Waals surface area contributed by atoms with E-state index in [4.69, 9.17) is 4.74 Å². The van der Waals surface area contributed by atoms with Gasteiger partial charge in [-0.25, -0.2) is 4.79 Å². The molecule has 7 amide bonds. The number of hydrogen-bond acceptors (Lipinski definition) is 12. The summed E-state index contributed by atoms with van der Waals surface area (Å²) in [6.07, 6.45) is -0.294. The molecule has 0 radical (unpaired) electrons. The number of allylic oxidation sites excluding steroid dienone is 2. The number of rotatable bonds is 14. The minimum Gasteiger partial charge on any atom is -0.508 e. The summed E-state index contributed by atoms with van der Waals surface area (Å²) in [7, 11) is 0. The highest BCUT2D eigenvalue weighted by Gasteiger charge is 2.38. The van der Waals surface area contributed by atoms with Gasteiger partial charge in [0.05, 0.1) is 0 Å². The average molecular weight is 892 g/mol. The van der Waals surface area contributed by atoms with Crippen LogP contribution in [0.25, 0.3) is 0 Å². The molecule has 0 spiro atoms. The number of hydrogen-bond donors (Lipinski definition) is 10. The summed E-state index contributed by atoms with van der Waals surface area (Å²) in [4.78, 5) is 121. The van der Waals surface area contributed by atoms with Crippen LogP contribution in [-0.4, -0.2) is 111 Å². The highest BCUT2D eigenvalue weighted by Crippen LogP contribution is 2.16. The van der Waals surface area contributed by atoms with Crippen molar-refractivity contribution in [2.75, 3.05) is 0 Å². The molecule has 1 heterocycles. The van der Waals surface area contributed by atoms with Gasteiger partial charge in [0.1, 0.15) is 59.6 Å². The lowest BCUT2D eigenvalue weighted by Crippen LogP contribution is -2.62. The highest BCUT2D eigenvalue weighted by molar-refractivity contribution is 6.02. The largest absolute Gasteiger partial charge is 0.508 e. The fourth-order valence-corrected chi connectivity index (χ4v) is 6.22. The van der Waals surface area contributed by atoms with Crippen LogP contribution in [0.5, 0.6) is 11.5 Å². The molecule has 0 bridgehead atoms. The van der Waals surface area contributed by atoms with Crippen LogP contribution in [0.3, 0.4) is 0 Å². The molecule has 20 heteroatoms. The van der Waals surface area contributed by atoms with E-state index in [1.54, 1.807) is 33.8 Å². The van der Waals surface area contributed by atoms with Crippen molar-refractivity contribution in [2.45, 2.75) is 117 Å². The lowest BCUT2D eigenvalue weighted by atomic mass is 10.00. The standard InChI is InChI=1S/C44H57N7O13/c1-8-23(5)37(56)50-35(22(3)4)42(61)48-32(20-26-10-14-28(52)15-11-26)41(60)51-36-25(7)64-44(63)33(21-27-12-16-29(53)17-13-27)49-40(59)31(18-19-34(54)55)47-39(58)30(9-2)46-38(57)24(6)45-43(36)62/h8-17,22,24-25,31-33,35-36,52-53H,18-21H2,1-7H3,(H,45,62)(H,46,57)(H,47,58)(H,48,61)(H,49,59)(H,50,56)(H,51,60)(H,54,55)/b23-8+,30-9-/t24-,25+,31+,32+,33-,35-,36-/m0/s1. The average Bonchev–Trinajstić information content (AvgIpc) is 3.24. The first-order valence-electron chi connectivity index (χ1n) is 20.5. The Morgan fingerprint density at radius 3 is 1.92 bits per heavy atom. The molecule has 1 aliphatic rings. The lowest BCUT2D eigenvalue weighted by Gasteiger charge is -2.30. The van der Waals surface area contributed by atoms with E-state index in [1.807, 2.05) is 0 Å². The number of esters is 1. The molecule has 0 saturated carbocycles. The second kappa shape index (κ2) is 23.8. The second-order valence-electron chi connectivity index (χ2n) is 15.5. The first-order chi connectivity index (χ1) is 30.1. The maximum absolute atomic E-state index is 14.4. The molecule has 0 aromatic heterocycles. The Balaban J connectivity index is 2.10. The maximum atomic E-state index is 14.4. The molecule has 7 atom stereocenters. The van der Waals surface area contributed by atoms with Gasteiger partial charge >= 0.3 is 11.9 Å². The fraction of sp³-hybridized carbons (Fsp3) is 0.432. The van der Waals surface area contributed by atoms with Crippen molar-refractivity contribution in [3.05, 3.63) is 83.1 Å². The monoisotopic (exact) mass is 891 g/mol. The van der Waals surface area contributed by atoms with Crippen molar-refractivity contribution in [3.63, 3.8) is 0 Å². The van der Waals surface area contributed by atoms with Gasteiger partial charge in [0.15, 0.2) is 0 Å². The van der Waals surface area contributed by atoms with E-state index in [-0.39, 0.29) is 30.0 Å². The molecular weight excluding hydrogens is 835 g/mol. The summed E-state index contributed by atoms with van der Waals surface area (Å²) in [6.45, 7) is 10.5. The summed E-state index contributed by atoms with van der Waals surface area (Å²) in [5.41, 5.74) is 0.836. The molecule has 1 aliphatic heterocycles. The third-order valence-electron chi connectivity index (χ3n) is 10.2. The first kappa shape index (κ1) is 51.1. The number of phenolic OH excluding ortho intramolecular Hbond substituents is 2. The molecule has 2 aromatic rings. The Morgan fingerprint density at radius 1 is 0.781 bits per heavy atom. The van der Waals surface area contributed by atoms with Crippen LogP contribution >= 0.6 is 0 Å². The number of nitrogens with one attached hydrogen (secondary N) is 7. The number of cyclic esters (lactones) is 1. The van der Waals surface area contributed by atoms with E-state index in [9.17, 15) is 58.5 Å². The summed E-state index contributed by atoms with van der Waals surface area (Å²) >= 11 is 0. The van der Waals surface area contributed by atoms with Gasteiger partial charge in [-0.3, -0.25) is 38.4 Å². The van der Waals surface area contributed by atoms with Gasteiger partial charge in [0, 0.05) is 24.8 Å². The first-order valence-corrected chi connectivity index (χ1v) is 20.5. The Hall–Kier alpha value is -7.25. The zero-order chi connectivity index (χ0) is 47.8. The van der Waals surface area contributed by atoms with E-state index in [0.29, 0.717) is 16.7 Å². The number of phenols is 2. The van der Waals surface area contributed by atoms with Crippen LogP contribution in [0.2, 0.25) is 0 Å².